The Morgan fingerprint density at radius 3 is 2.62 bits per heavy atom. The highest BCUT2D eigenvalue weighted by atomic mass is 79.9. The molecule has 1 fully saturated rings. The van der Waals surface area contributed by atoms with Crippen LogP contribution in [0.1, 0.15) is 23.5 Å². The number of pyridine rings is 1. The molecule has 0 aliphatic carbocycles. The largest absolute Gasteiger partial charge is 0.506 e. The van der Waals surface area contributed by atoms with E-state index in [-0.39, 0.29) is 17.8 Å². The average Bonchev–Trinajstić information content (AvgIpc) is 3.41. The number of hydrogen-bond donors (Lipinski definition) is 2. The molecule has 0 saturated carbocycles. The number of thiocarbonyl (C=S) groups is 1. The van der Waals surface area contributed by atoms with Crippen molar-refractivity contribution in [1.29, 1.82) is 0 Å². The van der Waals surface area contributed by atoms with E-state index < -0.39 is 0 Å². The van der Waals surface area contributed by atoms with Crippen LogP contribution < -0.4 is 10.2 Å². The third kappa shape index (κ3) is 3.88. The quantitative estimate of drug-likeness (QED) is 0.291. The smallest absolute Gasteiger partial charge is 0.174 e. The Balaban J connectivity index is 1.62. The lowest BCUT2D eigenvalue weighted by atomic mass is 10.0. The molecule has 2 aromatic carbocycles. The molecule has 8 heteroatoms. The second-order valence-electron chi connectivity index (χ2n) is 7.34. The molecule has 0 amide bonds. The van der Waals surface area contributed by atoms with Gasteiger partial charge in [-0.05, 0) is 66.8 Å². The summed E-state index contributed by atoms with van der Waals surface area (Å²) in [4.78, 5) is 6.36. The highest BCUT2D eigenvalue weighted by molar-refractivity contribution is 9.10. The Morgan fingerprint density at radius 1 is 1.06 bits per heavy atom. The Morgan fingerprint density at radius 2 is 1.88 bits per heavy atom. The summed E-state index contributed by atoms with van der Waals surface area (Å²) < 4.78 is 7.31. The van der Waals surface area contributed by atoms with E-state index in [0.29, 0.717) is 21.6 Å². The van der Waals surface area contributed by atoms with Gasteiger partial charge in [0.25, 0.3) is 0 Å². The molecule has 1 aliphatic heterocycles. The Labute approximate surface area is 203 Å². The van der Waals surface area contributed by atoms with E-state index in [4.69, 9.17) is 28.2 Å². The van der Waals surface area contributed by atoms with E-state index in [0.717, 1.165) is 21.5 Å². The van der Waals surface area contributed by atoms with Crippen molar-refractivity contribution in [3.63, 3.8) is 0 Å². The molecule has 4 aromatic rings. The lowest BCUT2D eigenvalue weighted by molar-refractivity contribution is 0.434. The lowest BCUT2D eigenvalue weighted by Crippen LogP contribution is -2.29. The summed E-state index contributed by atoms with van der Waals surface area (Å²) in [5.41, 5.74) is 2.27. The topological polar surface area (TPSA) is 61.5 Å². The van der Waals surface area contributed by atoms with Crippen molar-refractivity contribution in [1.82, 2.24) is 10.3 Å². The molecule has 0 spiro atoms. The predicted molar refractivity (Wildman–Crippen MR) is 133 cm³/mol. The summed E-state index contributed by atoms with van der Waals surface area (Å²) in [5.74, 6) is 1.50. The molecule has 0 radical (unpaired) electrons. The first kappa shape index (κ1) is 21.0. The number of aromatic nitrogens is 1. The van der Waals surface area contributed by atoms with Gasteiger partial charge in [-0.3, -0.25) is 4.98 Å². The van der Waals surface area contributed by atoms with Gasteiger partial charge in [-0.2, -0.15) is 0 Å². The number of anilines is 1. The number of benzene rings is 2. The predicted octanol–water partition coefficient (Wildman–Crippen LogP) is 6.64. The van der Waals surface area contributed by atoms with Gasteiger partial charge >= 0.3 is 0 Å². The molecule has 3 heterocycles. The number of phenols is 1. The summed E-state index contributed by atoms with van der Waals surface area (Å²) in [6.45, 7) is 0. The van der Waals surface area contributed by atoms with Gasteiger partial charge in [0.15, 0.2) is 5.11 Å². The van der Waals surface area contributed by atoms with Crippen molar-refractivity contribution in [3.8, 4) is 17.1 Å². The minimum absolute atomic E-state index is 0.0740. The van der Waals surface area contributed by atoms with Gasteiger partial charge in [-0.1, -0.05) is 45.7 Å². The molecule has 5 nitrogen and oxygen atoms in total. The summed E-state index contributed by atoms with van der Waals surface area (Å²) in [6, 6.07) is 21.7. The minimum Gasteiger partial charge on any atom is -0.506 e. The monoisotopic (exact) mass is 525 g/mol. The molecule has 2 aromatic heterocycles. The van der Waals surface area contributed by atoms with Crippen molar-refractivity contribution < 1.29 is 9.52 Å². The number of rotatable bonds is 4. The first-order valence-electron chi connectivity index (χ1n) is 9.86. The second-order valence-corrected chi connectivity index (χ2v) is 9.08. The number of aromatic hydroxyl groups is 1. The molecule has 1 aliphatic rings. The van der Waals surface area contributed by atoms with Crippen LogP contribution >= 0.6 is 39.7 Å². The van der Waals surface area contributed by atoms with Crippen molar-refractivity contribution in [3.05, 3.63) is 99.9 Å². The maximum atomic E-state index is 10.6. The SMILES string of the molecule is Oc1ccc(Cl)cc1N1C(=S)N[C@H](c2ccccn2)[C@H]1c1ccc(-c2ccc(Br)cc2)o1. The molecule has 0 bridgehead atoms. The Bertz CT molecular complexity index is 1280. The third-order valence-corrected chi connectivity index (χ3v) is 6.42. The standard InChI is InChI=1S/C24H17BrClN3O2S/c25-15-6-4-14(5-7-15)20-10-11-21(31-20)23-22(17-3-1-2-12-27-17)28-24(32)29(23)18-13-16(26)8-9-19(18)30/h1-13,22-23,30H,(H,28,32)/t22-,23-/m1/s1. The van der Waals surface area contributed by atoms with E-state index in [1.54, 1.807) is 24.4 Å². The fraction of sp³-hybridized carbons (Fsp3) is 0.0833. The average molecular weight is 527 g/mol. The van der Waals surface area contributed by atoms with E-state index in [9.17, 15) is 5.11 Å². The van der Waals surface area contributed by atoms with Crippen LogP contribution in [-0.2, 0) is 0 Å². The van der Waals surface area contributed by atoms with E-state index in [1.807, 2.05) is 59.5 Å². The maximum absolute atomic E-state index is 10.6. The van der Waals surface area contributed by atoms with Crippen molar-refractivity contribution in [2.24, 2.45) is 0 Å². The molecular weight excluding hydrogens is 510 g/mol. The van der Waals surface area contributed by atoms with E-state index in [2.05, 4.69) is 26.2 Å². The Kier molecular flexibility index (Phi) is 5.63. The highest BCUT2D eigenvalue weighted by Crippen LogP contribution is 2.45. The molecule has 0 unspecified atom stereocenters. The molecule has 2 atom stereocenters. The van der Waals surface area contributed by atoms with Crippen molar-refractivity contribution in [2.75, 3.05) is 4.90 Å². The van der Waals surface area contributed by atoms with Crippen LogP contribution in [0.4, 0.5) is 5.69 Å². The summed E-state index contributed by atoms with van der Waals surface area (Å²) >= 11 is 15.4. The number of halogens is 2. The molecule has 32 heavy (non-hydrogen) atoms. The van der Waals surface area contributed by atoms with Crippen LogP contribution in [0.5, 0.6) is 5.75 Å². The van der Waals surface area contributed by atoms with Crippen LogP contribution in [0.2, 0.25) is 5.02 Å². The number of nitrogens with zero attached hydrogens (tertiary/aromatic N) is 2. The molecule has 160 valence electrons. The van der Waals surface area contributed by atoms with Gasteiger partial charge in [-0.15, -0.1) is 0 Å². The second kappa shape index (κ2) is 8.58. The van der Waals surface area contributed by atoms with Gasteiger partial charge < -0.3 is 19.7 Å². The van der Waals surface area contributed by atoms with Gasteiger partial charge in [0.1, 0.15) is 23.3 Å². The normalized spacial score (nSPS) is 18.1. The maximum Gasteiger partial charge on any atom is 0.174 e. The fourth-order valence-electron chi connectivity index (χ4n) is 3.87. The number of phenolic OH excluding ortho intramolecular Hbond substituents is 1. The van der Waals surface area contributed by atoms with Crippen LogP contribution in [0, 0.1) is 0 Å². The summed E-state index contributed by atoms with van der Waals surface area (Å²) in [6.07, 6.45) is 1.74. The van der Waals surface area contributed by atoms with E-state index >= 15 is 0 Å². The highest BCUT2D eigenvalue weighted by Gasteiger charge is 2.43. The first-order valence-corrected chi connectivity index (χ1v) is 11.4. The van der Waals surface area contributed by atoms with Crippen LogP contribution in [-0.4, -0.2) is 15.2 Å². The lowest BCUT2D eigenvalue weighted by Gasteiger charge is -2.26. The number of hydrogen-bond acceptors (Lipinski definition) is 4. The van der Waals surface area contributed by atoms with Crippen LogP contribution in [0.15, 0.2) is 87.9 Å². The number of furan rings is 1. The van der Waals surface area contributed by atoms with Gasteiger partial charge in [0.2, 0.25) is 0 Å². The van der Waals surface area contributed by atoms with Crippen molar-refractivity contribution >= 4 is 50.5 Å². The van der Waals surface area contributed by atoms with Crippen molar-refractivity contribution in [2.45, 2.75) is 12.1 Å². The zero-order valence-corrected chi connectivity index (χ0v) is 19.7. The first-order chi connectivity index (χ1) is 15.5. The molecule has 5 rings (SSSR count). The zero-order valence-electron chi connectivity index (χ0n) is 16.6. The summed E-state index contributed by atoms with van der Waals surface area (Å²) in [7, 11) is 0. The fourth-order valence-corrected chi connectivity index (χ4v) is 4.64. The van der Waals surface area contributed by atoms with Gasteiger partial charge in [0.05, 0.1) is 17.4 Å². The molecular formula is C24H17BrClN3O2S. The Hall–Kier alpha value is -2.87. The van der Waals surface area contributed by atoms with Gasteiger partial charge in [-0.25, -0.2) is 0 Å². The van der Waals surface area contributed by atoms with Crippen LogP contribution in [0.3, 0.4) is 0 Å². The minimum atomic E-state index is -0.383. The third-order valence-electron chi connectivity index (χ3n) is 5.34. The van der Waals surface area contributed by atoms with Gasteiger partial charge in [0, 0.05) is 21.3 Å². The van der Waals surface area contributed by atoms with Crippen LogP contribution in [0.25, 0.3) is 11.3 Å². The van der Waals surface area contributed by atoms with E-state index in [1.165, 1.54) is 0 Å². The molecule has 2 N–H and O–H groups in total. The summed E-state index contributed by atoms with van der Waals surface area (Å²) in [5, 5.41) is 14.9. The molecule has 1 saturated heterocycles. The number of nitrogens with one attached hydrogen (secondary N) is 1. The zero-order chi connectivity index (χ0) is 22.2.